The average molecular weight is 616 g/mol. The first-order chi connectivity index (χ1) is 20.0. The zero-order valence-electron chi connectivity index (χ0n) is 24.5. The molecule has 0 bridgehead atoms. The van der Waals surface area contributed by atoms with Crippen molar-refractivity contribution in [3.05, 3.63) is 83.4 Å². The van der Waals surface area contributed by atoms with Gasteiger partial charge in [0, 0.05) is 17.6 Å². The van der Waals surface area contributed by atoms with Gasteiger partial charge in [0.25, 0.3) is 10.0 Å². The Kier molecular flexibility index (Phi) is 11.6. The number of hydrogen-bond acceptors (Lipinski definition) is 6. The Labute approximate surface area is 253 Å². The lowest BCUT2D eigenvalue weighted by atomic mass is 10.1. The Morgan fingerprint density at radius 3 is 2.19 bits per heavy atom. The summed E-state index contributed by atoms with van der Waals surface area (Å²) in [6.45, 7) is 7.30. The molecule has 0 aliphatic carbocycles. The summed E-state index contributed by atoms with van der Waals surface area (Å²) in [5.74, 6) is 0.292. The van der Waals surface area contributed by atoms with Crippen LogP contribution in [0.2, 0.25) is 5.02 Å². The zero-order valence-corrected chi connectivity index (χ0v) is 26.1. The number of ether oxygens (including phenoxy) is 2. The van der Waals surface area contributed by atoms with Gasteiger partial charge in [0.15, 0.2) is 0 Å². The number of carbonyl (C=O) groups is 2. The number of hydrogen-bond donors (Lipinski definition) is 1. The fraction of sp³-hybridized carbons (Fsp3) is 0.355. The van der Waals surface area contributed by atoms with Gasteiger partial charge in [0.1, 0.15) is 24.1 Å². The topological polar surface area (TPSA) is 105 Å². The Morgan fingerprint density at radius 1 is 0.952 bits per heavy atom. The van der Waals surface area contributed by atoms with Crippen molar-refractivity contribution in [3.63, 3.8) is 0 Å². The van der Waals surface area contributed by atoms with Crippen molar-refractivity contribution in [3.8, 4) is 11.5 Å². The zero-order chi connectivity index (χ0) is 30.9. The molecule has 1 atom stereocenters. The molecule has 0 aliphatic rings. The normalized spacial score (nSPS) is 12.0. The standard InChI is InChI=1S/C31H38ClN3O6S/c1-6-29(31(37)33-22(3)4)34(20-23-9-8-10-27(19-23)40-5)30(36)21-35(25-13-15-26(16-14-25)41-7-2)42(38,39)28-17-11-24(32)12-18-28/h8-19,22,29H,6-7,20-21H2,1-5H3,(H,33,37). The summed E-state index contributed by atoms with van der Waals surface area (Å²) < 4.78 is 39.8. The summed E-state index contributed by atoms with van der Waals surface area (Å²) in [6, 6.07) is 18.4. The van der Waals surface area contributed by atoms with Gasteiger partial charge in [-0.25, -0.2) is 8.42 Å². The van der Waals surface area contributed by atoms with Gasteiger partial charge in [-0.3, -0.25) is 13.9 Å². The third kappa shape index (κ3) is 8.39. The summed E-state index contributed by atoms with van der Waals surface area (Å²) in [5.41, 5.74) is 0.995. The lowest BCUT2D eigenvalue weighted by molar-refractivity contribution is -0.140. The Balaban J connectivity index is 2.07. The number of benzene rings is 3. The summed E-state index contributed by atoms with van der Waals surface area (Å²) in [6.07, 6.45) is 0.321. The van der Waals surface area contributed by atoms with Crippen molar-refractivity contribution < 1.29 is 27.5 Å². The fourth-order valence-corrected chi connectivity index (χ4v) is 5.95. The molecule has 3 aromatic rings. The molecule has 226 valence electrons. The highest BCUT2D eigenvalue weighted by atomic mass is 35.5. The third-order valence-corrected chi connectivity index (χ3v) is 8.46. The van der Waals surface area contributed by atoms with Crippen molar-refractivity contribution in [1.29, 1.82) is 0 Å². The second-order valence-corrected chi connectivity index (χ2v) is 12.2. The number of nitrogens with zero attached hydrogens (tertiary/aromatic N) is 2. The average Bonchev–Trinajstić information content (AvgIpc) is 2.96. The van der Waals surface area contributed by atoms with Crippen molar-refractivity contribution in [2.75, 3.05) is 24.6 Å². The Hall–Kier alpha value is -3.76. The van der Waals surface area contributed by atoms with Gasteiger partial charge >= 0.3 is 0 Å². The molecule has 0 aliphatic heterocycles. The lowest BCUT2D eigenvalue weighted by Crippen LogP contribution is -2.53. The van der Waals surface area contributed by atoms with Gasteiger partial charge in [-0.2, -0.15) is 0 Å². The van der Waals surface area contributed by atoms with E-state index in [4.69, 9.17) is 21.1 Å². The Morgan fingerprint density at radius 2 is 1.62 bits per heavy atom. The number of methoxy groups -OCH3 is 1. The van der Waals surface area contributed by atoms with Gasteiger partial charge in [-0.1, -0.05) is 30.7 Å². The molecular weight excluding hydrogens is 578 g/mol. The molecule has 3 rings (SSSR count). The molecule has 3 aromatic carbocycles. The highest BCUT2D eigenvalue weighted by molar-refractivity contribution is 7.92. The predicted octanol–water partition coefficient (Wildman–Crippen LogP) is 5.27. The van der Waals surface area contributed by atoms with E-state index in [-0.39, 0.29) is 29.1 Å². The minimum atomic E-state index is -4.21. The summed E-state index contributed by atoms with van der Waals surface area (Å²) in [7, 11) is -2.67. The first-order valence-electron chi connectivity index (χ1n) is 13.7. The molecule has 0 aromatic heterocycles. The van der Waals surface area contributed by atoms with Crippen LogP contribution in [-0.4, -0.2) is 57.5 Å². The van der Waals surface area contributed by atoms with E-state index in [1.54, 1.807) is 49.6 Å². The van der Waals surface area contributed by atoms with Crippen molar-refractivity contribution >= 4 is 39.1 Å². The molecule has 0 heterocycles. The predicted molar refractivity (Wildman–Crippen MR) is 164 cm³/mol. The minimum absolute atomic E-state index is 0.0301. The second kappa shape index (κ2) is 14.9. The van der Waals surface area contributed by atoms with Gasteiger partial charge < -0.3 is 19.7 Å². The number of rotatable bonds is 14. The van der Waals surface area contributed by atoms with Gasteiger partial charge in [0.2, 0.25) is 11.8 Å². The molecule has 42 heavy (non-hydrogen) atoms. The van der Waals surface area contributed by atoms with Gasteiger partial charge in [-0.05, 0) is 93.4 Å². The molecule has 11 heteroatoms. The number of carbonyl (C=O) groups excluding carboxylic acids is 2. The number of nitrogens with one attached hydrogen (secondary N) is 1. The van der Waals surface area contributed by atoms with Gasteiger partial charge in [-0.15, -0.1) is 0 Å². The SMILES string of the molecule is CCOc1ccc(N(CC(=O)N(Cc2cccc(OC)c2)C(CC)C(=O)NC(C)C)S(=O)(=O)c2ccc(Cl)cc2)cc1. The number of sulfonamides is 1. The molecule has 0 spiro atoms. The minimum Gasteiger partial charge on any atom is -0.497 e. The molecule has 0 fully saturated rings. The number of amides is 2. The van der Waals surface area contributed by atoms with Crippen LogP contribution in [0.15, 0.2) is 77.7 Å². The lowest BCUT2D eigenvalue weighted by Gasteiger charge is -2.33. The summed E-state index contributed by atoms with van der Waals surface area (Å²) in [4.78, 5) is 28.8. The fourth-order valence-electron chi connectivity index (χ4n) is 4.41. The van der Waals surface area contributed by atoms with E-state index >= 15 is 0 Å². The number of anilines is 1. The molecule has 1 unspecified atom stereocenters. The van der Waals surface area contributed by atoms with Crippen LogP contribution in [-0.2, 0) is 26.2 Å². The molecule has 9 nitrogen and oxygen atoms in total. The molecule has 0 radical (unpaired) electrons. The van der Waals surface area contributed by atoms with Crippen LogP contribution >= 0.6 is 11.6 Å². The van der Waals surface area contributed by atoms with Crippen molar-refractivity contribution in [2.45, 2.75) is 57.6 Å². The van der Waals surface area contributed by atoms with E-state index in [9.17, 15) is 18.0 Å². The van der Waals surface area contributed by atoms with E-state index in [1.165, 1.54) is 29.2 Å². The summed E-state index contributed by atoms with van der Waals surface area (Å²) >= 11 is 6.02. The highest BCUT2D eigenvalue weighted by Gasteiger charge is 2.34. The van der Waals surface area contributed by atoms with Gasteiger partial charge in [0.05, 0.1) is 24.3 Å². The monoisotopic (exact) mass is 615 g/mol. The van der Waals surface area contributed by atoms with Crippen LogP contribution in [0.5, 0.6) is 11.5 Å². The second-order valence-electron chi connectivity index (χ2n) is 9.85. The molecule has 2 amide bonds. The molecular formula is C31H38ClN3O6S. The number of halogens is 1. The van der Waals surface area contributed by atoms with E-state index in [2.05, 4.69) is 5.32 Å². The smallest absolute Gasteiger partial charge is 0.264 e. The van der Waals surface area contributed by atoms with E-state index in [0.29, 0.717) is 29.5 Å². The highest BCUT2D eigenvalue weighted by Crippen LogP contribution is 2.28. The van der Waals surface area contributed by atoms with Crippen LogP contribution in [0, 0.1) is 0 Å². The molecule has 0 saturated heterocycles. The first-order valence-corrected chi connectivity index (χ1v) is 15.6. The van der Waals surface area contributed by atoms with Crippen LogP contribution < -0.4 is 19.1 Å². The van der Waals surface area contributed by atoms with E-state index in [1.807, 2.05) is 33.8 Å². The summed E-state index contributed by atoms with van der Waals surface area (Å²) in [5, 5.41) is 3.26. The maximum atomic E-state index is 14.1. The quantitative estimate of drug-likeness (QED) is 0.265. The maximum Gasteiger partial charge on any atom is 0.264 e. The van der Waals surface area contributed by atoms with Crippen molar-refractivity contribution in [1.82, 2.24) is 10.2 Å². The maximum absolute atomic E-state index is 14.1. The van der Waals surface area contributed by atoms with Crippen LogP contribution in [0.25, 0.3) is 0 Å². The van der Waals surface area contributed by atoms with Crippen LogP contribution in [0.3, 0.4) is 0 Å². The molecule has 0 saturated carbocycles. The van der Waals surface area contributed by atoms with Crippen LogP contribution in [0.1, 0.15) is 39.7 Å². The van der Waals surface area contributed by atoms with Crippen LogP contribution in [0.4, 0.5) is 5.69 Å². The largest absolute Gasteiger partial charge is 0.497 e. The Bertz CT molecular complexity index is 1450. The van der Waals surface area contributed by atoms with E-state index < -0.39 is 28.5 Å². The van der Waals surface area contributed by atoms with Crippen molar-refractivity contribution in [2.24, 2.45) is 0 Å². The van der Waals surface area contributed by atoms with E-state index in [0.717, 1.165) is 9.87 Å². The molecule has 1 N–H and O–H groups in total. The first kappa shape index (κ1) is 32.8. The third-order valence-electron chi connectivity index (χ3n) is 6.42.